The lowest BCUT2D eigenvalue weighted by molar-refractivity contribution is -0.0394. The Labute approximate surface area is 90.0 Å². The smallest absolute Gasteiger partial charge is 0.115 e. The Morgan fingerprint density at radius 1 is 1.47 bits per heavy atom. The van der Waals surface area contributed by atoms with Crippen LogP contribution in [-0.4, -0.2) is 22.2 Å². The number of hydrogen-bond donors (Lipinski definition) is 2. The van der Waals surface area contributed by atoms with Gasteiger partial charge in [0.2, 0.25) is 0 Å². The summed E-state index contributed by atoms with van der Waals surface area (Å²) in [6.07, 6.45) is 4.96. The summed E-state index contributed by atoms with van der Waals surface area (Å²) in [5.74, 6) is 5.54. The Morgan fingerprint density at radius 3 is 2.53 bits per heavy atom. The van der Waals surface area contributed by atoms with Crippen LogP contribution >= 0.6 is 0 Å². The molecule has 0 amide bonds. The molecule has 0 saturated carbocycles. The summed E-state index contributed by atoms with van der Waals surface area (Å²) in [7, 11) is 0. The first-order valence-electron chi connectivity index (χ1n) is 4.96. The standard InChI is InChI=1S/C10H18N4O/c1-4-15-10(2,3)9(14-11)8-5-12-7-13-6-8/h5-7,9,14H,4,11H2,1-3H3. The monoisotopic (exact) mass is 210 g/mol. The van der Waals surface area contributed by atoms with Crippen molar-refractivity contribution in [3.8, 4) is 0 Å². The van der Waals surface area contributed by atoms with Crippen molar-refractivity contribution in [2.24, 2.45) is 5.84 Å². The van der Waals surface area contributed by atoms with Crippen LogP contribution in [0.1, 0.15) is 32.4 Å². The Morgan fingerprint density at radius 2 is 2.07 bits per heavy atom. The first-order valence-corrected chi connectivity index (χ1v) is 4.96. The number of nitrogens with two attached hydrogens (primary N) is 1. The summed E-state index contributed by atoms with van der Waals surface area (Å²) in [6, 6.07) is -0.126. The van der Waals surface area contributed by atoms with Crippen molar-refractivity contribution in [3.05, 3.63) is 24.3 Å². The van der Waals surface area contributed by atoms with Gasteiger partial charge in [0.15, 0.2) is 0 Å². The van der Waals surface area contributed by atoms with Crippen molar-refractivity contribution >= 4 is 0 Å². The van der Waals surface area contributed by atoms with Crippen LogP contribution in [0.5, 0.6) is 0 Å². The molecular weight excluding hydrogens is 192 g/mol. The normalized spacial score (nSPS) is 13.9. The molecule has 84 valence electrons. The number of hydrogen-bond acceptors (Lipinski definition) is 5. The van der Waals surface area contributed by atoms with E-state index in [1.54, 1.807) is 12.4 Å². The summed E-state index contributed by atoms with van der Waals surface area (Å²) in [5.41, 5.74) is 3.26. The third kappa shape index (κ3) is 2.95. The van der Waals surface area contributed by atoms with E-state index in [9.17, 15) is 0 Å². The quantitative estimate of drug-likeness (QED) is 0.555. The van der Waals surface area contributed by atoms with Gasteiger partial charge in [0.25, 0.3) is 0 Å². The average molecular weight is 210 g/mol. The highest BCUT2D eigenvalue weighted by atomic mass is 16.5. The molecule has 0 fully saturated rings. The zero-order chi connectivity index (χ0) is 11.3. The third-order valence-corrected chi connectivity index (χ3v) is 2.29. The Hall–Kier alpha value is -1.04. The lowest BCUT2D eigenvalue weighted by Gasteiger charge is -2.33. The fraction of sp³-hybridized carbons (Fsp3) is 0.600. The van der Waals surface area contributed by atoms with Crippen molar-refractivity contribution in [1.82, 2.24) is 15.4 Å². The molecule has 15 heavy (non-hydrogen) atoms. The number of nitrogens with zero attached hydrogens (tertiary/aromatic N) is 2. The molecule has 1 aromatic rings. The molecule has 5 heteroatoms. The minimum atomic E-state index is -0.395. The van der Waals surface area contributed by atoms with E-state index in [2.05, 4.69) is 15.4 Å². The first kappa shape index (κ1) is 12.0. The van der Waals surface area contributed by atoms with Crippen LogP contribution in [0.15, 0.2) is 18.7 Å². The lowest BCUT2D eigenvalue weighted by atomic mass is 9.94. The molecule has 0 aliphatic rings. The van der Waals surface area contributed by atoms with E-state index in [0.717, 1.165) is 5.56 Å². The van der Waals surface area contributed by atoms with E-state index in [4.69, 9.17) is 10.6 Å². The molecule has 0 aliphatic heterocycles. The predicted molar refractivity (Wildman–Crippen MR) is 57.8 cm³/mol. The van der Waals surface area contributed by atoms with Gasteiger partial charge in [0, 0.05) is 24.6 Å². The second-order valence-electron chi connectivity index (χ2n) is 3.81. The van der Waals surface area contributed by atoms with Gasteiger partial charge < -0.3 is 4.74 Å². The molecule has 0 bridgehead atoms. The largest absolute Gasteiger partial charge is 0.374 e. The van der Waals surface area contributed by atoms with Crippen LogP contribution in [0, 0.1) is 0 Å². The van der Waals surface area contributed by atoms with Crippen molar-refractivity contribution in [3.63, 3.8) is 0 Å². The van der Waals surface area contributed by atoms with Gasteiger partial charge in [0.1, 0.15) is 6.33 Å². The fourth-order valence-corrected chi connectivity index (χ4v) is 1.61. The number of nitrogens with one attached hydrogen (secondary N) is 1. The van der Waals surface area contributed by atoms with Crippen molar-refractivity contribution in [1.29, 1.82) is 0 Å². The zero-order valence-electron chi connectivity index (χ0n) is 9.40. The van der Waals surface area contributed by atoms with Crippen molar-refractivity contribution in [2.45, 2.75) is 32.4 Å². The molecule has 0 aliphatic carbocycles. The van der Waals surface area contributed by atoms with E-state index in [1.807, 2.05) is 20.8 Å². The third-order valence-electron chi connectivity index (χ3n) is 2.29. The molecule has 0 spiro atoms. The number of hydrazine groups is 1. The molecule has 3 N–H and O–H groups in total. The van der Waals surface area contributed by atoms with Crippen molar-refractivity contribution < 1.29 is 4.74 Å². The van der Waals surface area contributed by atoms with E-state index in [-0.39, 0.29) is 6.04 Å². The Bertz CT molecular complexity index is 289. The van der Waals surface area contributed by atoms with Crippen LogP contribution in [0.3, 0.4) is 0 Å². The van der Waals surface area contributed by atoms with Crippen LogP contribution in [-0.2, 0) is 4.74 Å². The van der Waals surface area contributed by atoms with E-state index in [1.165, 1.54) is 6.33 Å². The highest BCUT2D eigenvalue weighted by Gasteiger charge is 2.30. The topological polar surface area (TPSA) is 73.1 Å². The molecule has 1 atom stereocenters. The predicted octanol–water partition coefficient (Wildman–Crippen LogP) is 0.796. The van der Waals surface area contributed by atoms with Crippen LogP contribution in [0.2, 0.25) is 0 Å². The van der Waals surface area contributed by atoms with E-state index < -0.39 is 5.60 Å². The Balaban J connectivity index is 2.89. The number of ether oxygens (including phenoxy) is 1. The van der Waals surface area contributed by atoms with E-state index in [0.29, 0.717) is 6.61 Å². The molecule has 5 nitrogen and oxygen atoms in total. The minimum absolute atomic E-state index is 0.126. The van der Waals surface area contributed by atoms with Gasteiger partial charge in [-0.1, -0.05) is 0 Å². The highest BCUT2D eigenvalue weighted by Crippen LogP contribution is 2.27. The highest BCUT2D eigenvalue weighted by molar-refractivity contribution is 5.13. The van der Waals surface area contributed by atoms with Gasteiger partial charge in [-0.15, -0.1) is 0 Å². The zero-order valence-corrected chi connectivity index (χ0v) is 9.40. The van der Waals surface area contributed by atoms with Gasteiger partial charge in [-0.25, -0.2) is 15.4 Å². The Kier molecular flexibility index (Phi) is 4.14. The molecule has 0 radical (unpaired) electrons. The van der Waals surface area contributed by atoms with Crippen LogP contribution in [0.4, 0.5) is 0 Å². The fourth-order valence-electron chi connectivity index (χ4n) is 1.61. The molecular formula is C10H18N4O. The summed E-state index contributed by atoms with van der Waals surface area (Å²) in [5, 5.41) is 0. The average Bonchev–Trinajstić information content (AvgIpc) is 2.19. The van der Waals surface area contributed by atoms with Gasteiger partial charge >= 0.3 is 0 Å². The van der Waals surface area contributed by atoms with Crippen molar-refractivity contribution in [2.75, 3.05) is 6.61 Å². The molecule has 0 aromatic carbocycles. The minimum Gasteiger partial charge on any atom is -0.374 e. The second-order valence-corrected chi connectivity index (χ2v) is 3.81. The van der Waals surface area contributed by atoms with Gasteiger partial charge in [0.05, 0.1) is 11.6 Å². The molecule has 1 rings (SSSR count). The van der Waals surface area contributed by atoms with Gasteiger partial charge in [-0.3, -0.25) is 5.84 Å². The van der Waals surface area contributed by atoms with Gasteiger partial charge in [-0.2, -0.15) is 0 Å². The molecule has 1 unspecified atom stereocenters. The van der Waals surface area contributed by atoms with Gasteiger partial charge in [-0.05, 0) is 20.8 Å². The number of aromatic nitrogens is 2. The molecule has 1 heterocycles. The first-order chi connectivity index (χ1) is 7.11. The van der Waals surface area contributed by atoms with Crippen LogP contribution in [0.25, 0.3) is 0 Å². The maximum absolute atomic E-state index is 5.64. The summed E-state index contributed by atoms with van der Waals surface area (Å²) in [4.78, 5) is 7.93. The summed E-state index contributed by atoms with van der Waals surface area (Å²) in [6.45, 7) is 6.55. The SMILES string of the molecule is CCOC(C)(C)C(NN)c1cncnc1. The molecule has 1 aromatic heterocycles. The van der Waals surface area contributed by atoms with E-state index >= 15 is 0 Å². The summed E-state index contributed by atoms with van der Waals surface area (Å²) >= 11 is 0. The lowest BCUT2D eigenvalue weighted by Crippen LogP contribution is -2.44. The number of rotatable bonds is 5. The maximum atomic E-state index is 5.64. The maximum Gasteiger partial charge on any atom is 0.115 e. The molecule has 0 saturated heterocycles. The van der Waals surface area contributed by atoms with Crippen LogP contribution < -0.4 is 11.3 Å². The summed E-state index contributed by atoms with van der Waals surface area (Å²) < 4.78 is 5.64. The second kappa shape index (κ2) is 5.16.